The lowest BCUT2D eigenvalue weighted by molar-refractivity contribution is 0.280. The van der Waals surface area contributed by atoms with Gasteiger partial charge in [-0.3, -0.25) is 9.67 Å². The van der Waals surface area contributed by atoms with Gasteiger partial charge in [0.15, 0.2) is 17.5 Å². The maximum absolute atomic E-state index is 16.6. The van der Waals surface area contributed by atoms with Gasteiger partial charge in [-0.2, -0.15) is 15.1 Å². The van der Waals surface area contributed by atoms with Crippen molar-refractivity contribution in [3.05, 3.63) is 65.4 Å². The number of benzene rings is 2. The van der Waals surface area contributed by atoms with E-state index in [4.69, 9.17) is 9.72 Å². The first-order chi connectivity index (χ1) is 21.3. The van der Waals surface area contributed by atoms with E-state index in [1.165, 1.54) is 37.2 Å². The zero-order valence-electron chi connectivity index (χ0n) is 23.7. The Hall–Kier alpha value is -4.45. The molecule has 2 N–H and O–H groups in total. The molecule has 3 aliphatic heterocycles. The molecule has 224 valence electrons. The Balaban J connectivity index is 1.17. The van der Waals surface area contributed by atoms with Gasteiger partial charge in [-0.1, -0.05) is 6.07 Å². The van der Waals surface area contributed by atoms with Gasteiger partial charge in [0, 0.05) is 60.1 Å². The monoisotopic (exact) mass is 599 g/mol. The average Bonchev–Trinajstić information content (AvgIpc) is 3.34. The lowest BCUT2D eigenvalue weighted by Crippen LogP contribution is -2.51. The molecule has 6 heterocycles. The summed E-state index contributed by atoms with van der Waals surface area (Å²) < 4.78 is 54.2. The lowest BCUT2D eigenvalue weighted by atomic mass is 9.99. The van der Waals surface area contributed by atoms with Crippen molar-refractivity contribution in [3.63, 3.8) is 0 Å². The molecular weight excluding hydrogens is 571 g/mol. The van der Waals surface area contributed by atoms with Gasteiger partial charge in [0.2, 0.25) is 0 Å². The number of ether oxygens (including phenoxy) is 1. The summed E-state index contributed by atoms with van der Waals surface area (Å²) in [6, 6.07) is 5.37. The van der Waals surface area contributed by atoms with Crippen molar-refractivity contribution >= 4 is 27.5 Å². The number of hydrogen-bond donors (Lipinski definition) is 2. The number of halogens is 3. The van der Waals surface area contributed by atoms with Crippen molar-refractivity contribution in [2.75, 3.05) is 18.0 Å². The Morgan fingerprint density at radius 3 is 2.64 bits per heavy atom. The maximum atomic E-state index is 16.6. The van der Waals surface area contributed by atoms with Crippen molar-refractivity contribution in [2.45, 2.75) is 57.3 Å². The van der Waals surface area contributed by atoms with Crippen LogP contribution in [0.4, 0.5) is 19.0 Å². The summed E-state index contributed by atoms with van der Waals surface area (Å²) in [5.41, 5.74) is 2.07. The average molecular weight is 600 g/mol. The summed E-state index contributed by atoms with van der Waals surface area (Å²) in [6.45, 7) is 2.49. The van der Waals surface area contributed by atoms with Crippen LogP contribution in [0, 0.1) is 22.9 Å². The molecule has 3 aromatic heterocycles. The molecule has 0 radical (unpaired) electrons. The Bertz CT molecular complexity index is 2000. The first-order valence-corrected chi connectivity index (χ1v) is 15.0. The predicted octanol–water partition coefficient (Wildman–Crippen LogP) is 5.02. The van der Waals surface area contributed by atoms with E-state index in [2.05, 4.69) is 25.3 Å². The van der Waals surface area contributed by atoms with Gasteiger partial charge in [-0.05, 0) is 61.1 Å². The summed E-state index contributed by atoms with van der Waals surface area (Å²) in [4.78, 5) is 15.8. The molecule has 2 bridgehead atoms. The Kier molecular flexibility index (Phi) is 5.48. The normalized spacial score (nSPS) is 21.5. The minimum Gasteiger partial charge on any atom is -0.508 e. The molecule has 1 saturated carbocycles. The number of nitrogens with one attached hydrogen (secondary N) is 1. The highest BCUT2D eigenvalue weighted by atomic mass is 19.2. The smallest absolute Gasteiger partial charge is 0.319 e. The van der Waals surface area contributed by atoms with Crippen LogP contribution in [0.3, 0.4) is 0 Å². The molecule has 5 aromatic rings. The fourth-order valence-corrected chi connectivity index (χ4v) is 7.35. The summed E-state index contributed by atoms with van der Waals surface area (Å²) in [5, 5.41) is 19.0. The molecule has 12 heteroatoms. The number of aromatic nitrogens is 5. The predicted molar refractivity (Wildman–Crippen MR) is 156 cm³/mol. The molecule has 9 rings (SSSR count). The SMILES string of the molecule is Oc1cc(-c2ncc3c(N4C[C@H]5CC[C@@H](C4)N5)nc(OCc4cnn5c4CC4(CC4)C5)nc3c2F)c2c(F)c(F)ccc2c1. The quantitative estimate of drug-likeness (QED) is 0.291. The van der Waals surface area contributed by atoms with E-state index >= 15 is 8.78 Å². The van der Waals surface area contributed by atoms with E-state index < -0.39 is 17.5 Å². The third-order valence-corrected chi connectivity index (χ3v) is 9.78. The molecule has 3 fully saturated rings. The first-order valence-electron chi connectivity index (χ1n) is 15.0. The number of hydrogen-bond acceptors (Lipinski definition) is 8. The lowest BCUT2D eigenvalue weighted by Gasteiger charge is -2.34. The van der Waals surface area contributed by atoms with Gasteiger partial charge in [0.25, 0.3) is 0 Å². The Morgan fingerprint density at radius 1 is 1.02 bits per heavy atom. The van der Waals surface area contributed by atoms with Gasteiger partial charge in [-0.25, -0.2) is 13.2 Å². The van der Waals surface area contributed by atoms with Crippen LogP contribution in [-0.4, -0.2) is 55.0 Å². The fourth-order valence-electron chi connectivity index (χ4n) is 7.35. The molecule has 1 aliphatic carbocycles. The summed E-state index contributed by atoms with van der Waals surface area (Å²) >= 11 is 0. The van der Waals surface area contributed by atoms with E-state index in [0.717, 1.165) is 43.1 Å². The van der Waals surface area contributed by atoms with E-state index in [9.17, 15) is 9.50 Å². The Labute approximate surface area is 249 Å². The molecule has 4 aliphatic rings. The van der Waals surface area contributed by atoms with Crippen LogP contribution in [0.2, 0.25) is 0 Å². The van der Waals surface area contributed by atoms with Crippen molar-refractivity contribution in [1.29, 1.82) is 0 Å². The van der Waals surface area contributed by atoms with Crippen LogP contribution in [0.5, 0.6) is 11.8 Å². The van der Waals surface area contributed by atoms with E-state index in [1.54, 1.807) is 0 Å². The highest BCUT2D eigenvalue weighted by Gasteiger charge is 2.48. The summed E-state index contributed by atoms with van der Waals surface area (Å²) in [5.74, 6) is -2.80. The van der Waals surface area contributed by atoms with Crippen LogP contribution in [0.15, 0.2) is 36.7 Å². The van der Waals surface area contributed by atoms with Gasteiger partial charge < -0.3 is 20.1 Å². The van der Waals surface area contributed by atoms with Crippen molar-refractivity contribution in [1.82, 2.24) is 30.0 Å². The zero-order valence-corrected chi connectivity index (χ0v) is 23.7. The molecule has 2 aromatic carbocycles. The van der Waals surface area contributed by atoms with Crippen molar-refractivity contribution < 1.29 is 23.0 Å². The number of pyridine rings is 1. The molecule has 2 saturated heterocycles. The van der Waals surface area contributed by atoms with Crippen LogP contribution in [0.1, 0.15) is 36.9 Å². The second-order valence-electron chi connectivity index (χ2n) is 12.7. The summed E-state index contributed by atoms with van der Waals surface area (Å²) in [6.07, 6.45) is 8.75. The fraction of sp³-hybridized carbons (Fsp3) is 0.375. The van der Waals surface area contributed by atoms with Crippen LogP contribution >= 0.6 is 0 Å². The van der Waals surface area contributed by atoms with Crippen LogP contribution < -0.4 is 15.0 Å². The molecule has 0 amide bonds. The number of fused-ring (bicyclic) bond motifs is 5. The molecule has 2 atom stereocenters. The topological polar surface area (TPSA) is 101 Å². The number of phenolic OH excluding ortho intramolecular Hbond substituents is 1. The second kappa shape index (κ2) is 9.28. The molecule has 44 heavy (non-hydrogen) atoms. The van der Waals surface area contributed by atoms with Gasteiger partial charge in [0.05, 0.1) is 11.6 Å². The highest BCUT2D eigenvalue weighted by molar-refractivity contribution is 6.00. The minimum atomic E-state index is -1.15. The third-order valence-electron chi connectivity index (χ3n) is 9.78. The van der Waals surface area contributed by atoms with Crippen LogP contribution in [-0.2, 0) is 19.6 Å². The van der Waals surface area contributed by atoms with Crippen LogP contribution in [0.25, 0.3) is 32.9 Å². The minimum absolute atomic E-state index is 0.00602. The number of nitrogens with zero attached hydrogens (tertiary/aromatic N) is 6. The number of piperazine rings is 1. The van der Waals surface area contributed by atoms with Crippen molar-refractivity contribution in [3.8, 4) is 23.0 Å². The maximum Gasteiger partial charge on any atom is 0.319 e. The largest absolute Gasteiger partial charge is 0.508 e. The Morgan fingerprint density at radius 2 is 1.84 bits per heavy atom. The zero-order chi connectivity index (χ0) is 29.7. The summed E-state index contributed by atoms with van der Waals surface area (Å²) in [7, 11) is 0. The number of anilines is 1. The molecular formula is C32H28F3N7O2. The molecule has 0 unspecified atom stereocenters. The van der Waals surface area contributed by atoms with E-state index in [0.29, 0.717) is 41.8 Å². The third kappa shape index (κ3) is 4.03. The highest BCUT2D eigenvalue weighted by Crippen LogP contribution is 2.53. The first kappa shape index (κ1) is 26.0. The molecule has 1 spiro atoms. The van der Waals surface area contributed by atoms with E-state index in [-0.39, 0.29) is 45.9 Å². The molecule has 9 nitrogen and oxygen atoms in total. The number of aromatic hydroxyl groups is 1. The number of phenols is 1. The van der Waals surface area contributed by atoms with Gasteiger partial charge >= 0.3 is 6.01 Å². The van der Waals surface area contributed by atoms with Gasteiger partial charge in [0.1, 0.15) is 29.4 Å². The van der Waals surface area contributed by atoms with E-state index in [1.807, 2.05) is 10.9 Å². The van der Waals surface area contributed by atoms with Crippen molar-refractivity contribution in [2.24, 2.45) is 5.41 Å². The second-order valence-corrected chi connectivity index (χ2v) is 12.7. The standard InChI is InChI=1S/C32H28F3N7O2/c33-23-4-1-16-7-20(43)8-21(25(16)26(23)34)28-27(35)29-22(11-36-28)30(41-12-18-2-3-19(13-41)38-18)40-31(39-29)44-14-17-10-37-42-15-32(5-6-32)9-24(17)42/h1,4,7-8,10-11,18-19,38,43H,2-3,5-6,9,12-15H2/t18-,19+. The van der Waals surface area contributed by atoms with Gasteiger partial charge in [-0.15, -0.1) is 0 Å². The number of rotatable bonds is 5.